The van der Waals surface area contributed by atoms with Gasteiger partial charge >= 0.3 is 6.18 Å². The van der Waals surface area contributed by atoms with Crippen molar-refractivity contribution in [1.82, 2.24) is 4.90 Å². The van der Waals surface area contributed by atoms with E-state index in [1.165, 1.54) is 23.9 Å². The lowest BCUT2D eigenvalue weighted by molar-refractivity contribution is -0.137. The maximum absolute atomic E-state index is 12.9. The molecule has 10 heteroatoms. The molecule has 0 saturated carbocycles. The van der Waals surface area contributed by atoms with Crippen LogP contribution in [0.1, 0.15) is 36.8 Å². The molecule has 3 aromatic carbocycles. The van der Waals surface area contributed by atoms with E-state index >= 15 is 0 Å². The molecular weight excluding hydrogens is 545 g/mol. The molecular formula is C29H25F3N2O3S2. The molecule has 1 heterocycles. The van der Waals surface area contributed by atoms with Gasteiger partial charge < -0.3 is 10.1 Å². The van der Waals surface area contributed by atoms with E-state index in [9.17, 15) is 22.8 Å². The molecule has 1 fully saturated rings. The summed E-state index contributed by atoms with van der Waals surface area (Å²) in [5.74, 6) is 0.847. The molecule has 0 spiro atoms. The highest BCUT2D eigenvalue weighted by molar-refractivity contribution is 8.26. The molecule has 3 aromatic rings. The van der Waals surface area contributed by atoms with Crippen LogP contribution >= 0.6 is 24.0 Å². The monoisotopic (exact) mass is 570 g/mol. The maximum Gasteiger partial charge on any atom is 0.416 e. The summed E-state index contributed by atoms with van der Waals surface area (Å²) in [6.07, 6.45) is -0.695. The standard InChI is InChI=1S/C29H25F3N2O3S2/c30-29(31,32)21-10-8-11-22(19-21)33-26(35)15-5-2-6-16-34-27(36)25(39-28(34)38)18-20-9-7-14-24(17-20)37-23-12-3-1-4-13-23/h1,3-4,7-14,17-19H,2,5-6,15-16H2,(H,33,35)/b25-18-. The second kappa shape index (κ2) is 12.9. The largest absolute Gasteiger partial charge is 0.457 e. The molecule has 5 nitrogen and oxygen atoms in total. The normalized spacial score (nSPS) is 14.6. The number of unbranched alkanes of at least 4 members (excludes halogenated alkanes) is 2. The van der Waals surface area contributed by atoms with Crippen LogP contribution in [0.3, 0.4) is 0 Å². The highest BCUT2D eigenvalue weighted by atomic mass is 32.2. The SMILES string of the molecule is O=C(CCCCCN1C(=O)/C(=C/c2cccc(Oc3ccccc3)c2)SC1=S)Nc1cccc(C(F)(F)F)c1. The summed E-state index contributed by atoms with van der Waals surface area (Å²) in [5, 5.41) is 2.50. The fourth-order valence-corrected chi connectivity index (χ4v) is 5.17. The van der Waals surface area contributed by atoms with Gasteiger partial charge in [0.05, 0.1) is 10.5 Å². The Hall–Kier alpha value is -3.63. The Morgan fingerprint density at radius 3 is 2.46 bits per heavy atom. The van der Waals surface area contributed by atoms with Crippen LogP contribution in [0.5, 0.6) is 11.5 Å². The molecule has 0 aromatic heterocycles. The fourth-order valence-electron chi connectivity index (χ4n) is 3.87. The van der Waals surface area contributed by atoms with Crippen molar-refractivity contribution < 1.29 is 27.5 Å². The van der Waals surface area contributed by atoms with Crippen LogP contribution in [-0.4, -0.2) is 27.6 Å². The molecule has 1 saturated heterocycles. The van der Waals surface area contributed by atoms with Crippen molar-refractivity contribution >= 4 is 51.9 Å². The molecule has 1 aliphatic heterocycles. The Morgan fingerprint density at radius 1 is 0.949 bits per heavy atom. The summed E-state index contributed by atoms with van der Waals surface area (Å²) >= 11 is 6.65. The summed E-state index contributed by atoms with van der Waals surface area (Å²) < 4.78 is 44.9. The second-order valence-electron chi connectivity index (χ2n) is 8.76. The predicted octanol–water partition coefficient (Wildman–Crippen LogP) is 7.90. The van der Waals surface area contributed by atoms with E-state index in [4.69, 9.17) is 17.0 Å². The van der Waals surface area contributed by atoms with Crippen molar-refractivity contribution in [1.29, 1.82) is 0 Å². The van der Waals surface area contributed by atoms with Gasteiger partial charge in [0, 0.05) is 18.7 Å². The zero-order valence-corrected chi connectivity index (χ0v) is 22.4. The van der Waals surface area contributed by atoms with E-state index in [0.29, 0.717) is 46.5 Å². The van der Waals surface area contributed by atoms with Crippen molar-refractivity contribution in [3.8, 4) is 11.5 Å². The van der Waals surface area contributed by atoms with Crippen molar-refractivity contribution in [2.75, 3.05) is 11.9 Å². The Kier molecular flexibility index (Phi) is 9.42. The van der Waals surface area contributed by atoms with E-state index in [1.807, 2.05) is 54.6 Å². The molecule has 0 radical (unpaired) electrons. The molecule has 0 bridgehead atoms. The lowest BCUT2D eigenvalue weighted by Gasteiger charge is -2.14. The third-order valence-electron chi connectivity index (χ3n) is 5.77. The lowest BCUT2D eigenvalue weighted by Crippen LogP contribution is -2.29. The van der Waals surface area contributed by atoms with Crippen LogP contribution in [-0.2, 0) is 15.8 Å². The van der Waals surface area contributed by atoms with Gasteiger partial charge in [0.1, 0.15) is 15.8 Å². The summed E-state index contributed by atoms with van der Waals surface area (Å²) in [4.78, 5) is 27.2. The number of benzene rings is 3. The van der Waals surface area contributed by atoms with Crippen LogP contribution < -0.4 is 10.1 Å². The smallest absolute Gasteiger partial charge is 0.416 e. The van der Waals surface area contributed by atoms with Crippen LogP contribution in [0, 0.1) is 0 Å². The summed E-state index contributed by atoms with van der Waals surface area (Å²) in [5.41, 5.74) is 0.109. The van der Waals surface area contributed by atoms with E-state index < -0.39 is 11.7 Å². The maximum atomic E-state index is 12.9. The third kappa shape index (κ3) is 8.18. The van der Waals surface area contributed by atoms with Crippen LogP contribution in [0.4, 0.5) is 18.9 Å². The first-order valence-corrected chi connectivity index (χ1v) is 13.5. The number of anilines is 1. The summed E-state index contributed by atoms with van der Waals surface area (Å²) in [6.45, 7) is 0.425. The number of carbonyl (C=O) groups excluding carboxylic acids is 2. The van der Waals surface area contributed by atoms with Gasteiger partial charge in [-0.2, -0.15) is 13.2 Å². The van der Waals surface area contributed by atoms with Crippen molar-refractivity contribution in [2.45, 2.75) is 31.9 Å². The Labute approximate surface area is 234 Å². The van der Waals surface area contributed by atoms with Gasteiger partial charge in [-0.25, -0.2) is 0 Å². The summed E-state index contributed by atoms with van der Waals surface area (Å²) in [7, 11) is 0. The zero-order valence-electron chi connectivity index (χ0n) is 20.7. The molecule has 39 heavy (non-hydrogen) atoms. The van der Waals surface area contributed by atoms with E-state index in [2.05, 4.69) is 5.32 Å². The average Bonchev–Trinajstić information content (AvgIpc) is 3.16. The van der Waals surface area contributed by atoms with Gasteiger partial charge in [-0.15, -0.1) is 0 Å². The van der Waals surface area contributed by atoms with Gasteiger partial charge in [0.25, 0.3) is 5.91 Å². The van der Waals surface area contributed by atoms with Crippen molar-refractivity contribution in [3.05, 3.63) is 94.9 Å². The summed E-state index contributed by atoms with van der Waals surface area (Å²) in [6, 6.07) is 21.4. The lowest BCUT2D eigenvalue weighted by atomic mass is 10.1. The minimum atomic E-state index is -4.47. The number of nitrogens with zero attached hydrogens (tertiary/aromatic N) is 1. The van der Waals surface area contributed by atoms with Gasteiger partial charge in [0.2, 0.25) is 5.91 Å². The van der Waals surface area contributed by atoms with Gasteiger partial charge in [-0.1, -0.05) is 66.8 Å². The van der Waals surface area contributed by atoms with Gasteiger partial charge in [0.15, 0.2) is 0 Å². The highest BCUT2D eigenvalue weighted by Gasteiger charge is 2.32. The van der Waals surface area contributed by atoms with Gasteiger partial charge in [-0.05, 0) is 66.9 Å². The molecule has 1 aliphatic rings. The van der Waals surface area contributed by atoms with Crippen LogP contribution in [0.25, 0.3) is 6.08 Å². The Morgan fingerprint density at radius 2 is 1.69 bits per heavy atom. The van der Waals surface area contributed by atoms with Gasteiger partial charge in [-0.3, -0.25) is 14.5 Å². The topological polar surface area (TPSA) is 58.6 Å². The number of halogens is 3. The molecule has 0 aliphatic carbocycles. The molecule has 1 N–H and O–H groups in total. The highest BCUT2D eigenvalue weighted by Crippen LogP contribution is 2.34. The first kappa shape index (κ1) is 28.4. The number of amides is 2. The second-order valence-corrected chi connectivity index (χ2v) is 10.4. The quantitative estimate of drug-likeness (QED) is 0.153. The number of alkyl halides is 3. The first-order valence-electron chi connectivity index (χ1n) is 12.2. The number of thiocarbonyl (C=S) groups is 1. The first-order chi connectivity index (χ1) is 18.7. The molecule has 4 rings (SSSR count). The number of hydrogen-bond acceptors (Lipinski definition) is 5. The van der Waals surface area contributed by atoms with Crippen molar-refractivity contribution in [2.24, 2.45) is 0 Å². The predicted molar refractivity (Wildman–Crippen MR) is 151 cm³/mol. The van der Waals surface area contributed by atoms with Crippen LogP contribution in [0.15, 0.2) is 83.8 Å². The zero-order chi connectivity index (χ0) is 27.8. The molecule has 0 atom stereocenters. The molecule has 2 amide bonds. The van der Waals surface area contributed by atoms with E-state index in [0.717, 1.165) is 17.7 Å². The third-order valence-corrected chi connectivity index (χ3v) is 7.15. The number of rotatable bonds is 10. The number of ether oxygens (including phenoxy) is 1. The number of carbonyl (C=O) groups is 2. The number of nitrogens with one attached hydrogen (secondary N) is 1. The molecule has 202 valence electrons. The minimum Gasteiger partial charge on any atom is -0.457 e. The average molecular weight is 571 g/mol. The Balaban J connectivity index is 1.23. The van der Waals surface area contributed by atoms with E-state index in [1.54, 1.807) is 11.0 Å². The number of para-hydroxylation sites is 1. The number of thioether (sulfide) groups is 1. The fraction of sp³-hybridized carbons (Fsp3) is 0.207. The molecule has 0 unspecified atom stereocenters. The minimum absolute atomic E-state index is 0.108. The Bertz CT molecular complexity index is 1380. The van der Waals surface area contributed by atoms with Crippen molar-refractivity contribution in [3.63, 3.8) is 0 Å². The number of hydrogen-bond donors (Lipinski definition) is 1. The van der Waals surface area contributed by atoms with E-state index in [-0.39, 0.29) is 23.9 Å². The van der Waals surface area contributed by atoms with Crippen LogP contribution in [0.2, 0.25) is 0 Å².